The summed E-state index contributed by atoms with van der Waals surface area (Å²) in [6, 6.07) is 21.7. The Kier molecular flexibility index (Phi) is 8.36. The number of allylic oxidation sites excluding steroid dienone is 2. The summed E-state index contributed by atoms with van der Waals surface area (Å²) in [5, 5.41) is 29.0. The van der Waals surface area contributed by atoms with E-state index in [0.29, 0.717) is 39.5 Å². The van der Waals surface area contributed by atoms with Gasteiger partial charge >= 0.3 is 0 Å². The number of aliphatic hydroxyl groups is 1. The van der Waals surface area contributed by atoms with Crippen LogP contribution in [0.4, 0.5) is 0 Å². The lowest BCUT2D eigenvalue weighted by Gasteiger charge is -2.27. The average molecular weight is 537 g/mol. The summed E-state index contributed by atoms with van der Waals surface area (Å²) >= 11 is 1.58. The molecule has 0 fully saturated rings. The van der Waals surface area contributed by atoms with Gasteiger partial charge in [0.25, 0.3) is 0 Å². The lowest BCUT2D eigenvalue weighted by Crippen LogP contribution is -2.23. The largest absolute Gasteiger partial charge is 0.496 e. The molecule has 2 heterocycles. The fourth-order valence-corrected chi connectivity index (χ4v) is 5.25. The fraction of sp³-hybridized carbons (Fsp3) is 0.188. The molecule has 0 aliphatic carbocycles. The third-order valence-electron chi connectivity index (χ3n) is 6.52. The Balaban J connectivity index is 1.68. The van der Waals surface area contributed by atoms with E-state index in [9.17, 15) is 15.6 Å². The fourth-order valence-electron chi connectivity index (χ4n) is 4.44. The van der Waals surface area contributed by atoms with Gasteiger partial charge in [-0.3, -0.25) is 0 Å². The van der Waals surface area contributed by atoms with Crippen LogP contribution < -0.4 is 9.47 Å². The SMILES string of the molecule is COc1cc(CO)cc(OC)c1/C=C/c1ccc(/C=C/C2=C(C#N)C(=C(\C)C#N)/OC2(C)c2ccccc2)s1. The molecule has 1 atom stereocenters. The first kappa shape index (κ1) is 27.5. The van der Waals surface area contributed by atoms with Gasteiger partial charge in [-0.1, -0.05) is 36.4 Å². The first-order valence-corrected chi connectivity index (χ1v) is 13.0. The zero-order valence-corrected chi connectivity index (χ0v) is 23.0. The minimum atomic E-state index is -0.913. The maximum absolute atomic E-state index is 10.0. The summed E-state index contributed by atoms with van der Waals surface area (Å²) < 4.78 is 17.3. The van der Waals surface area contributed by atoms with E-state index >= 15 is 0 Å². The van der Waals surface area contributed by atoms with Crippen LogP contribution in [-0.2, 0) is 16.9 Å². The Morgan fingerprint density at radius 1 is 0.974 bits per heavy atom. The number of hydrogen-bond acceptors (Lipinski definition) is 7. The van der Waals surface area contributed by atoms with Crippen LogP contribution in [0.3, 0.4) is 0 Å². The molecule has 0 radical (unpaired) electrons. The molecule has 1 aromatic heterocycles. The van der Waals surface area contributed by atoms with Crippen molar-refractivity contribution in [3.8, 4) is 23.6 Å². The smallest absolute Gasteiger partial charge is 0.158 e. The van der Waals surface area contributed by atoms with Gasteiger partial charge in [-0.15, -0.1) is 11.3 Å². The number of methoxy groups -OCH3 is 2. The number of thiophene rings is 1. The van der Waals surface area contributed by atoms with Crippen molar-refractivity contribution < 1.29 is 19.3 Å². The summed E-state index contributed by atoms with van der Waals surface area (Å²) in [7, 11) is 3.17. The summed E-state index contributed by atoms with van der Waals surface area (Å²) in [5.41, 5.74) is 2.88. The summed E-state index contributed by atoms with van der Waals surface area (Å²) in [4.78, 5) is 1.99. The molecule has 0 amide bonds. The van der Waals surface area contributed by atoms with Gasteiger partial charge in [0, 0.05) is 15.3 Å². The van der Waals surface area contributed by atoms with E-state index in [4.69, 9.17) is 14.2 Å². The van der Waals surface area contributed by atoms with Gasteiger partial charge in [0.15, 0.2) is 11.4 Å². The molecular formula is C32H28N2O4S. The van der Waals surface area contributed by atoms with Crippen LogP contribution in [0.25, 0.3) is 18.2 Å². The van der Waals surface area contributed by atoms with Crippen molar-refractivity contribution in [2.75, 3.05) is 14.2 Å². The predicted molar refractivity (Wildman–Crippen MR) is 154 cm³/mol. The molecule has 0 spiro atoms. The first-order chi connectivity index (χ1) is 18.9. The van der Waals surface area contributed by atoms with E-state index < -0.39 is 5.60 Å². The van der Waals surface area contributed by atoms with E-state index in [1.165, 1.54) is 0 Å². The van der Waals surface area contributed by atoms with Gasteiger partial charge in [-0.25, -0.2) is 0 Å². The van der Waals surface area contributed by atoms with Crippen LogP contribution in [0.5, 0.6) is 11.5 Å². The van der Waals surface area contributed by atoms with E-state index in [1.54, 1.807) is 44.6 Å². The zero-order valence-electron chi connectivity index (χ0n) is 22.2. The highest BCUT2D eigenvalue weighted by molar-refractivity contribution is 7.13. The van der Waals surface area contributed by atoms with Crippen molar-refractivity contribution in [1.82, 2.24) is 0 Å². The Morgan fingerprint density at radius 2 is 1.59 bits per heavy atom. The molecule has 0 bridgehead atoms. The molecule has 0 saturated heterocycles. The van der Waals surface area contributed by atoms with Gasteiger partial charge in [0.05, 0.1) is 38.0 Å². The van der Waals surface area contributed by atoms with Crippen LogP contribution in [-0.4, -0.2) is 19.3 Å². The molecule has 1 unspecified atom stereocenters. The maximum atomic E-state index is 10.0. The van der Waals surface area contributed by atoms with Gasteiger partial charge < -0.3 is 19.3 Å². The molecule has 1 aliphatic rings. The summed E-state index contributed by atoms with van der Waals surface area (Å²) in [5.74, 6) is 1.54. The molecule has 0 saturated carbocycles. The standard InChI is InChI=1S/C32H28N2O4S/c1-21(18-33)31-27(19-34)28(32(2,38-31)23-8-6-5-7-9-23)15-13-25-11-10-24(39-25)12-14-26-29(36-3)16-22(20-35)17-30(26)37-4/h5-17,35H,20H2,1-4H3/b14-12+,15-13+,31-21-. The topological polar surface area (TPSA) is 95.5 Å². The van der Waals surface area contributed by atoms with E-state index in [-0.39, 0.29) is 6.61 Å². The van der Waals surface area contributed by atoms with E-state index in [0.717, 1.165) is 20.9 Å². The van der Waals surface area contributed by atoms with Crippen molar-refractivity contribution in [3.63, 3.8) is 0 Å². The molecule has 4 rings (SSSR count). The Labute approximate surface area is 232 Å². The van der Waals surface area contributed by atoms with Gasteiger partial charge in [0.2, 0.25) is 0 Å². The third-order valence-corrected chi connectivity index (χ3v) is 7.54. The molecular weight excluding hydrogens is 508 g/mol. The van der Waals surface area contributed by atoms with Crippen molar-refractivity contribution in [1.29, 1.82) is 10.5 Å². The third kappa shape index (κ3) is 5.51. The number of hydrogen-bond donors (Lipinski definition) is 1. The zero-order chi connectivity index (χ0) is 28.0. The van der Waals surface area contributed by atoms with Crippen LogP contribution >= 0.6 is 11.3 Å². The highest BCUT2D eigenvalue weighted by atomic mass is 32.1. The molecule has 39 heavy (non-hydrogen) atoms. The quantitative estimate of drug-likeness (QED) is 0.311. The number of nitrogens with zero attached hydrogens (tertiary/aromatic N) is 2. The second-order valence-electron chi connectivity index (χ2n) is 8.95. The number of benzene rings is 2. The molecule has 1 N–H and O–H groups in total. The van der Waals surface area contributed by atoms with Crippen molar-refractivity contribution in [3.05, 3.63) is 110 Å². The molecule has 2 aromatic carbocycles. The normalized spacial score (nSPS) is 18.2. The monoisotopic (exact) mass is 536 g/mol. The van der Waals surface area contributed by atoms with Gasteiger partial charge in [-0.2, -0.15) is 10.5 Å². The number of nitriles is 2. The molecule has 7 heteroatoms. The number of rotatable bonds is 8. The summed E-state index contributed by atoms with van der Waals surface area (Å²) in [6.45, 7) is 3.47. The second kappa shape index (κ2) is 11.9. The lowest BCUT2D eigenvalue weighted by atomic mass is 9.86. The first-order valence-electron chi connectivity index (χ1n) is 12.2. The van der Waals surface area contributed by atoms with Gasteiger partial charge in [-0.05, 0) is 67.5 Å². The van der Waals surface area contributed by atoms with Gasteiger partial charge in [0.1, 0.15) is 23.1 Å². The summed E-state index contributed by atoms with van der Waals surface area (Å²) in [6.07, 6.45) is 7.77. The molecule has 6 nitrogen and oxygen atoms in total. The highest BCUT2D eigenvalue weighted by Crippen LogP contribution is 2.47. The molecule has 3 aromatic rings. The van der Waals surface area contributed by atoms with Crippen LogP contribution in [0.15, 0.2) is 83.2 Å². The minimum absolute atomic E-state index is 0.108. The molecule has 1 aliphatic heterocycles. The van der Waals surface area contributed by atoms with Crippen molar-refractivity contribution >= 4 is 29.6 Å². The van der Waals surface area contributed by atoms with Crippen LogP contribution in [0.2, 0.25) is 0 Å². The predicted octanol–water partition coefficient (Wildman–Crippen LogP) is 7.00. The Hall–Kier alpha value is -4.56. The Morgan fingerprint density at radius 3 is 2.13 bits per heavy atom. The van der Waals surface area contributed by atoms with E-state index in [1.807, 2.05) is 73.7 Å². The lowest BCUT2D eigenvalue weighted by molar-refractivity contribution is 0.0750. The second-order valence-corrected chi connectivity index (χ2v) is 10.1. The van der Waals surface area contributed by atoms with Crippen LogP contribution in [0, 0.1) is 22.7 Å². The Bertz CT molecular complexity index is 1560. The van der Waals surface area contributed by atoms with E-state index in [2.05, 4.69) is 12.1 Å². The van der Waals surface area contributed by atoms with Crippen molar-refractivity contribution in [2.45, 2.75) is 26.1 Å². The number of aliphatic hydroxyl groups excluding tert-OH is 1. The number of ether oxygens (including phenoxy) is 3. The maximum Gasteiger partial charge on any atom is 0.158 e. The molecule has 196 valence electrons. The van der Waals surface area contributed by atoms with Crippen LogP contribution in [0.1, 0.15) is 40.3 Å². The highest BCUT2D eigenvalue weighted by Gasteiger charge is 2.43. The minimum Gasteiger partial charge on any atom is -0.496 e. The average Bonchev–Trinajstić information content (AvgIpc) is 3.56. The van der Waals surface area contributed by atoms with Crippen molar-refractivity contribution in [2.24, 2.45) is 0 Å².